The molecule has 6 nitrogen and oxygen atoms in total. The van der Waals surface area contributed by atoms with Gasteiger partial charge in [0.25, 0.3) is 0 Å². The number of anilines is 1. The van der Waals surface area contributed by atoms with E-state index in [9.17, 15) is 22.4 Å². The van der Waals surface area contributed by atoms with Crippen LogP contribution in [0.3, 0.4) is 0 Å². The Morgan fingerprint density at radius 3 is 2.49 bits per heavy atom. The van der Waals surface area contributed by atoms with E-state index in [-0.39, 0.29) is 30.6 Å². The third kappa shape index (κ3) is 9.38. The van der Waals surface area contributed by atoms with Crippen LogP contribution in [0.5, 0.6) is 5.75 Å². The lowest BCUT2D eigenvalue weighted by Gasteiger charge is -2.31. The number of amides is 2. The molecule has 1 aromatic rings. The van der Waals surface area contributed by atoms with Crippen LogP contribution in [0.4, 0.5) is 28.0 Å². The molecule has 1 N–H and O–H groups in total. The predicted molar refractivity (Wildman–Crippen MR) is 133 cm³/mol. The highest BCUT2D eigenvalue weighted by Gasteiger charge is 2.27. The summed E-state index contributed by atoms with van der Waals surface area (Å²) in [6.45, 7) is 10.4. The smallest absolute Gasteiger partial charge is 0.388 e. The number of hydrogen-bond donors (Lipinski definition) is 1. The number of allylic oxidation sites excluding steroid dienone is 3. The first kappa shape index (κ1) is 29.6. The van der Waals surface area contributed by atoms with Crippen LogP contribution < -0.4 is 15.0 Å². The maximum atomic E-state index is 14.0. The molecule has 1 aliphatic heterocycles. The van der Waals surface area contributed by atoms with E-state index in [1.807, 2.05) is 26.0 Å². The number of nitrogens with zero attached hydrogens (tertiary/aromatic N) is 3. The molecule has 192 valence electrons. The fourth-order valence-electron chi connectivity index (χ4n) is 2.84. The van der Waals surface area contributed by atoms with E-state index < -0.39 is 12.6 Å². The minimum absolute atomic E-state index is 0.0247. The molecule has 0 saturated carbocycles. The van der Waals surface area contributed by atoms with Gasteiger partial charge in [0.1, 0.15) is 23.9 Å². The molecule has 0 radical (unpaired) electrons. The van der Waals surface area contributed by atoms with Gasteiger partial charge in [-0.15, -0.1) is 0 Å². The number of halogens is 4. The summed E-state index contributed by atoms with van der Waals surface area (Å²) in [6, 6.07) is 5.17. The van der Waals surface area contributed by atoms with E-state index in [1.54, 1.807) is 31.0 Å². The van der Waals surface area contributed by atoms with E-state index in [1.165, 1.54) is 12.3 Å². The summed E-state index contributed by atoms with van der Waals surface area (Å²) in [5.74, 6) is 0.175. The largest absolute Gasteiger partial charge is 0.487 e. The Hall–Kier alpha value is -3.43. The minimum Gasteiger partial charge on any atom is -0.487 e. The molecule has 0 aliphatic carbocycles. The molecular weight excluding hydrogens is 464 g/mol. The third-order valence-corrected chi connectivity index (χ3v) is 4.87. The standard InChI is InChI=1S/C22H27FN4O2.C3H5F3/c1-6-11-25-20(17(23)7-2)14-29-16-10-9-15(4)21(12-16)27-13-19(24-5)18(8-3)26-22(27)28;1-2-3(4,5)6/h6,8-12H,1,7,13-14H2,2-5H3,(H,26,28);2H2,1H3/b18-8+,20-17+,24-19?,25-11?;. The van der Waals surface area contributed by atoms with Gasteiger partial charge in [-0.3, -0.25) is 14.9 Å². The zero-order valence-corrected chi connectivity index (χ0v) is 20.7. The van der Waals surface area contributed by atoms with Crippen LogP contribution in [-0.2, 0) is 0 Å². The summed E-state index contributed by atoms with van der Waals surface area (Å²) < 4.78 is 52.1. The van der Waals surface area contributed by atoms with Crippen molar-refractivity contribution in [1.82, 2.24) is 5.32 Å². The summed E-state index contributed by atoms with van der Waals surface area (Å²) in [5.41, 5.74) is 3.32. The Kier molecular flexibility index (Phi) is 11.9. The van der Waals surface area contributed by atoms with Crippen molar-refractivity contribution in [3.8, 4) is 5.75 Å². The van der Waals surface area contributed by atoms with Crippen LogP contribution in [0.1, 0.15) is 39.2 Å². The number of hydrogen-bond acceptors (Lipinski definition) is 4. The number of carbonyl (C=O) groups excluding carboxylic acids is 1. The first-order valence-corrected chi connectivity index (χ1v) is 11.0. The van der Waals surface area contributed by atoms with Gasteiger partial charge in [0.15, 0.2) is 0 Å². The Bertz CT molecular complexity index is 1010. The second-order valence-corrected chi connectivity index (χ2v) is 7.31. The molecule has 0 bridgehead atoms. The van der Waals surface area contributed by atoms with Crippen molar-refractivity contribution >= 4 is 23.6 Å². The van der Waals surface area contributed by atoms with Crippen LogP contribution in [0.2, 0.25) is 0 Å². The van der Waals surface area contributed by atoms with Crippen LogP contribution in [0.25, 0.3) is 0 Å². The average Bonchev–Trinajstić information content (AvgIpc) is 2.84. The number of aliphatic imine (C=N–C) groups is 2. The Morgan fingerprint density at radius 1 is 1.31 bits per heavy atom. The molecule has 0 unspecified atom stereocenters. The maximum Gasteiger partial charge on any atom is 0.388 e. The van der Waals surface area contributed by atoms with Gasteiger partial charge in [-0.25, -0.2) is 9.18 Å². The first-order chi connectivity index (χ1) is 16.5. The molecule has 0 atom stereocenters. The van der Waals surface area contributed by atoms with Crippen molar-refractivity contribution in [3.05, 3.63) is 59.7 Å². The lowest BCUT2D eigenvalue weighted by atomic mass is 10.1. The minimum atomic E-state index is -3.96. The maximum absolute atomic E-state index is 14.0. The number of alkyl halides is 3. The highest BCUT2D eigenvalue weighted by atomic mass is 19.4. The number of aryl methyl sites for hydroxylation is 1. The molecule has 2 rings (SSSR count). The van der Waals surface area contributed by atoms with Gasteiger partial charge in [-0.1, -0.05) is 38.6 Å². The van der Waals surface area contributed by atoms with Crippen molar-refractivity contribution in [2.75, 3.05) is 25.1 Å². The summed E-state index contributed by atoms with van der Waals surface area (Å²) in [5, 5.41) is 2.85. The van der Waals surface area contributed by atoms with E-state index in [2.05, 4.69) is 21.9 Å². The van der Waals surface area contributed by atoms with E-state index in [4.69, 9.17) is 4.74 Å². The van der Waals surface area contributed by atoms with Gasteiger partial charge in [-0.05, 0) is 31.9 Å². The molecule has 2 amide bonds. The molecule has 1 saturated heterocycles. The fraction of sp³-hybridized carbons (Fsp3) is 0.400. The van der Waals surface area contributed by atoms with E-state index in [0.29, 0.717) is 23.7 Å². The van der Waals surface area contributed by atoms with Gasteiger partial charge in [0.05, 0.1) is 23.6 Å². The first-order valence-electron chi connectivity index (χ1n) is 11.0. The monoisotopic (exact) mass is 496 g/mol. The normalized spacial score (nSPS) is 17.2. The lowest BCUT2D eigenvalue weighted by molar-refractivity contribution is -0.130. The fourth-order valence-corrected chi connectivity index (χ4v) is 2.84. The molecule has 1 fully saturated rings. The van der Waals surface area contributed by atoms with Crippen molar-refractivity contribution in [1.29, 1.82) is 0 Å². The lowest BCUT2D eigenvalue weighted by Crippen LogP contribution is -2.50. The van der Waals surface area contributed by atoms with E-state index >= 15 is 0 Å². The summed E-state index contributed by atoms with van der Waals surface area (Å²) in [6.07, 6.45) is 0.272. The van der Waals surface area contributed by atoms with E-state index in [0.717, 1.165) is 18.2 Å². The predicted octanol–water partition coefficient (Wildman–Crippen LogP) is 6.68. The summed E-state index contributed by atoms with van der Waals surface area (Å²) in [4.78, 5) is 22.5. The number of urea groups is 1. The zero-order valence-electron chi connectivity index (χ0n) is 20.7. The van der Waals surface area contributed by atoms with Crippen molar-refractivity contribution in [2.24, 2.45) is 9.98 Å². The molecule has 1 aliphatic rings. The van der Waals surface area contributed by atoms with Gasteiger partial charge >= 0.3 is 12.2 Å². The SMILES string of the molecule is C=CC=N/C(COc1ccc(C)c(N2CC(=NC)/C(=C\C)NC2=O)c1)=C(/F)CC.CCC(F)(F)F. The quantitative estimate of drug-likeness (QED) is 0.338. The Morgan fingerprint density at radius 2 is 1.97 bits per heavy atom. The highest BCUT2D eigenvalue weighted by molar-refractivity contribution is 6.14. The number of rotatable bonds is 7. The molecule has 1 aromatic carbocycles. The van der Waals surface area contributed by atoms with Gasteiger partial charge in [-0.2, -0.15) is 13.2 Å². The van der Waals surface area contributed by atoms with Crippen LogP contribution in [0.15, 0.2) is 64.1 Å². The van der Waals surface area contributed by atoms with Crippen molar-refractivity contribution in [3.63, 3.8) is 0 Å². The second kappa shape index (κ2) is 14.1. The van der Waals surface area contributed by atoms with Gasteiger partial charge in [0.2, 0.25) is 0 Å². The highest BCUT2D eigenvalue weighted by Crippen LogP contribution is 2.28. The van der Waals surface area contributed by atoms with Gasteiger partial charge < -0.3 is 10.1 Å². The average molecular weight is 497 g/mol. The molecule has 10 heteroatoms. The van der Waals surface area contributed by atoms with Gasteiger partial charge in [0, 0.05) is 25.7 Å². The summed E-state index contributed by atoms with van der Waals surface area (Å²) in [7, 11) is 1.70. The number of nitrogens with one attached hydrogen (secondary N) is 1. The van der Waals surface area contributed by atoms with Crippen LogP contribution in [0, 0.1) is 6.92 Å². The summed E-state index contributed by atoms with van der Waals surface area (Å²) >= 11 is 0. The number of ether oxygens (including phenoxy) is 1. The van der Waals surface area contributed by atoms with Crippen molar-refractivity contribution < 1.29 is 27.1 Å². The van der Waals surface area contributed by atoms with Crippen LogP contribution in [-0.4, -0.2) is 44.3 Å². The Balaban J connectivity index is 0.000000905. The molecule has 0 spiro atoms. The van der Waals surface area contributed by atoms with Crippen molar-refractivity contribution in [2.45, 2.75) is 46.7 Å². The Labute approximate surface area is 203 Å². The van der Waals surface area contributed by atoms with Crippen LogP contribution >= 0.6 is 0 Å². The molecule has 35 heavy (non-hydrogen) atoms. The number of benzene rings is 1. The second-order valence-electron chi connectivity index (χ2n) is 7.31. The number of carbonyl (C=O) groups is 1. The zero-order chi connectivity index (χ0) is 26.6. The molecule has 0 aromatic heterocycles. The third-order valence-electron chi connectivity index (χ3n) is 4.87. The molecular formula is C25H32F4N4O2. The topological polar surface area (TPSA) is 66.3 Å². The molecule has 1 heterocycles.